The normalized spacial score (nSPS) is 15.6. The van der Waals surface area contributed by atoms with Crippen LogP contribution in [0.4, 0.5) is 13.2 Å². The molecule has 5 nitrogen and oxygen atoms in total. The Bertz CT molecular complexity index is 609. The Morgan fingerprint density at radius 1 is 1.19 bits per heavy atom. The number of halogens is 3. The van der Waals surface area contributed by atoms with Gasteiger partial charge < -0.3 is 15.0 Å². The molecule has 0 saturated carbocycles. The maximum atomic E-state index is 12.2. The first-order valence-electron chi connectivity index (χ1n) is 8.60. The van der Waals surface area contributed by atoms with Crippen molar-refractivity contribution in [1.29, 1.82) is 0 Å². The number of nitrogens with zero attached hydrogens (tertiary/aromatic N) is 1. The molecular weight excluding hydrogens is 349 g/mol. The molecular formula is C18H23F3N2O3. The highest BCUT2D eigenvalue weighted by atomic mass is 19.4. The second-order valence-corrected chi connectivity index (χ2v) is 6.39. The molecule has 0 atom stereocenters. The number of amides is 2. The molecule has 2 amide bonds. The van der Waals surface area contributed by atoms with Gasteiger partial charge in [0.05, 0.1) is 6.61 Å². The summed E-state index contributed by atoms with van der Waals surface area (Å²) in [6, 6.07) is 7.09. The molecule has 0 unspecified atom stereocenters. The second-order valence-electron chi connectivity index (χ2n) is 6.39. The number of piperidine rings is 1. The largest absolute Gasteiger partial charge is 0.494 e. The van der Waals surface area contributed by atoms with Crippen LogP contribution in [-0.4, -0.2) is 48.6 Å². The topological polar surface area (TPSA) is 58.6 Å². The summed E-state index contributed by atoms with van der Waals surface area (Å²) >= 11 is 0. The number of nitrogens with one attached hydrogen (secondary N) is 1. The van der Waals surface area contributed by atoms with Gasteiger partial charge in [-0.15, -0.1) is 0 Å². The highest BCUT2D eigenvalue weighted by Crippen LogP contribution is 2.18. The molecule has 0 bridgehead atoms. The smallest absolute Gasteiger partial charge is 0.471 e. The fraction of sp³-hybridized carbons (Fsp3) is 0.556. The predicted molar refractivity (Wildman–Crippen MR) is 89.7 cm³/mol. The molecule has 26 heavy (non-hydrogen) atoms. The summed E-state index contributed by atoms with van der Waals surface area (Å²) in [5, 5.41) is 1.97. The van der Waals surface area contributed by atoms with E-state index in [1.165, 1.54) is 0 Å². The van der Waals surface area contributed by atoms with Crippen LogP contribution in [0.1, 0.15) is 31.2 Å². The molecule has 1 aliphatic rings. The van der Waals surface area contributed by atoms with E-state index < -0.39 is 18.1 Å². The van der Waals surface area contributed by atoms with Crippen molar-refractivity contribution in [1.82, 2.24) is 10.2 Å². The number of likely N-dealkylation sites (tertiary alicyclic amines) is 1. The fourth-order valence-corrected chi connectivity index (χ4v) is 2.75. The maximum Gasteiger partial charge on any atom is 0.471 e. The fourth-order valence-electron chi connectivity index (χ4n) is 2.75. The molecule has 1 aromatic rings. The summed E-state index contributed by atoms with van der Waals surface area (Å²) in [5.41, 5.74) is 1.14. The van der Waals surface area contributed by atoms with Crippen LogP contribution in [0.3, 0.4) is 0 Å². The number of hydrogen-bond acceptors (Lipinski definition) is 3. The Balaban J connectivity index is 1.63. The predicted octanol–water partition coefficient (Wildman–Crippen LogP) is 2.82. The van der Waals surface area contributed by atoms with Crippen molar-refractivity contribution in [2.45, 2.75) is 44.8 Å². The van der Waals surface area contributed by atoms with Gasteiger partial charge in [-0.1, -0.05) is 17.7 Å². The zero-order chi connectivity index (χ0) is 19.2. The molecule has 0 aromatic heterocycles. The van der Waals surface area contributed by atoms with Crippen LogP contribution in [0.2, 0.25) is 0 Å². The monoisotopic (exact) mass is 372 g/mol. The van der Waals surface area contributed by atoms with E-state index >= 15 is 0 Å². The summed E-state index contributed by atoms with van der Waals surface area (Å²) in [6.07, 6.45) is -3.33. The van der Waals surface area contributed by atoms with Gasteiger partial charge in [-0.25, -0.2) is 0 Å². The number of carbonyl (C=O) groups is 2. The Kier molecular flexibility index (Phi) is 6.88. The molecule has 0 spiro atoms. The van der Waals surface area contributed by atoms with Crippen LogP contribution >= 0.6 is 0 Å². The van der Waals surface area contributed by atoms with Crippen LogP contribution in [-0.2, 0) is 9.59 Å². The number of alkyl halides is 3. The zero-order valence-corrected chi connectivity index (χ0v) is 14.6. The molecule has 8 heteroatoms. The van der Waals surface area contributed by atoms with Crippen molar-refractivity contribution in [3.05, 3.63) is 29.8 Å². The van der Waals surface area contributed by atoms with E-state index in [-0.39, 0.29) is 5.91 Å². The van der Waals surface area contributed by atoms with E-state index in [2.05, 4.69) is 0 Å². The average molecular weight is 372 g/mol. The molecule has 1 aromatic carbocycles. The molecule has 1 aliphatic heterocycles. The second kappa shape index (κ2) is 8.91. The quantitative estimate of drug-likeness (QED) is 0.782. The number of rotatable bonds is 6. The minimum Gasteiger partial charge on any atom is -0.494 e. The van der Waals surface area contributed by atoms with Gasteiger partial charge in [0.1, 0.15) is 5.75 Å². The zero-order valence-electron chi connectivity index (χ0n) is 14.6. The SMILES string of the molecule is Cc1ccc(OCCCC(=O)N2CCC(NC(=O)C(F)(F)F)CC2)cc1. The number of hydrogen-bond donors (Lipinski definition) is 1. The van der Waals surface area contributed by atoms with E-state index in [0.717, 1.165) is 11.3 Å². The van der Waals surface area contributed by atoms with Gasteiger partial charge in [0.2, 0.25) is 5.91 Å². The standard InChI is InChI=1S/C18H23F3N2O3/c1-13-4-6-15(7-5-13)26-12-2-3-16(24)23-10-8-14(9-11-23)22-17(25)18(19,20)21/h4-7,14H,2-3,8-12H2,1H3,(H,22,25). The maximum absolute atomic E-state index is 12.2. The van der Waals surface area contributed by atoms with Gasteiger partial charge >= 0.3 is 12.1 Å². The van der Waals surface area contributed by atoms with Gasteiger partial charge in [-0.3, -0.25) is 9.59 Å². The molecule has 144 valence electrons. The molecule has 1 saturated heterocycles. The lowest BCUT2D eigenvalue weighted by Gasteiger charge is -2.32. The van der Waals surface area contributed by atoms with Gasteiger partial charge in [0, 0.05) is 25.6 Å². The third kappa shape index (κ3) is 6.24. The van der Waals surface area contributed by atoms with E-state index in [0.29, 0.717) is 45.4 Å². The molecule has 2 rings (SSSR count). The Morgan fingerprint density at radius 3 is 2.38 bits per heavy atom. The summed E-state index contributed by atoms with van der Waals surface area (Å²) < 4.78 is 42.3. The summed E-state index contributed by atoms with van der Waals surface area (Å²) in [5.74, 6) is -1.21. The minimum atomic E-state index is -4.87. The number of aryl methyl sites for hydroxylation is 1. The van der Waals surface area contributed by atoms with Crippen LogP contribution in [0.5, 0.6) is 5.75 Å². The molecule has 1 fully saturated rings. The number of carbonyl (C=O) groups excluding carboxylic acids is 2. The van der Waals surface area contributed by atoms with Gasteiger partial charge in [-0.2, -0.15) is 13.2 Å². The Hall–Kier alpha value is -2.25. The average Bonchev–Trinajstić information content (AvgIpc) is 2.60. The first-order chi connectivity index (χ1) is 12.3. The van der Waals surface area contributed by atoms with Crippen molar-refractivity contribution in [3.63, 3.8) is 0 Å². The van der Waals surface area contributed by atoms with Crippen molar-refractivity contribution < 1.29 is 27.5 Å². The lowest BCUT2D eigenvalue weighted by molar-refractivity contribution is -0.174. The van der Waals surface area contributed by atoms with Gasteiger partial charge in [0.25, 0.3) is 0 Å². The molecule has 0 aliphatic carbocycles. The molecule has 0 radical (unpaired) electrons. The van der Waals surface area contributed by atoms with E-state index in [1.807, 2.05) is 36.5 Å². The number of ether oxygens (including phenoxy) is 1. The van der Waals surface area contributed by atoms with Crippen molar-refractivity contribution in [2.75, 3.05) is 19.7 Å². The van der Waals surface area contributed by atoms with Gasteiger partial charge in [-0.05, 0) is 38.3 Å². The van der Waals surface area contributed by atoms with Gasteiger partial charge in [0.15, 0.2) is 0 Å². The first kappa shape index (κ1) is 20.1. The van der Waals surface area contributed by atoms with Crippen LogP contribution in [0.25, 0.3) is 0 Å². The van der Waals surface area contributed by atoms with Crippen LogP contribution in [0, 0.1) is 6.92 Å². The van der Waals surface area contributed by atoms with E-state index in [9.17, 15) is 22.8 Å². The Labute approximate surface area is 150 Å². The van der Waals surface area contributed by atoms with E-state index in [4.69, 9.17) is 4.74 Å². The highest BCUT2D eigenvalue weighted by molar-refractivity contribution is 5.82. The lowest BCUT2D eigenvalue weighted by atomic mass is 10.0. The van der Waals surface area contributed by atoms with E-state index in [1.54, 1.807) is 4.90 Å². The molecule has 1 heterocycles. The first-order valence-corrected chi connectivity index (χ1v) is 8.60. The number of benzene rings is 1. The summed E-state index contributed by atoms with van der Waals surface area (Å²) in [4.78, 5) is 24.7. The highest BCUT2D eigenvalue weighted by Gasteiger charge is 2.40. The molecule has 1 N–H and O–H groups in total. The summed E-state index contributed by atoms with van der Waals surface area (Å²) in [6.45, 7) is 3.11. The van der Waals surface area contributed by atoms with Crippen LogP contribution in [0.15, 0.2) is 24.3 Å². The van der Waals surface area contributed by atoms with Crippen molar-refractivity contribution in [2.24, 2.45) is 0 Å². The van der Waals surface area contributed by atoms with Crippen LogP contribution < -0.4 is 10.1 Å². The third-order valence-corrected chi connectivity index (χ3v) is 4.27. The van der Waals surface area contributed by atoms with Crippen molar-refractivity contribution in [3.8, 4) is 5.75 Å². The summed E-state index contributed by atoms with van der Waals surface area (Å²) in [7, 11) is 0. The third-order valence-electron chi connectivity index (χ3n) is 4.27. The minimum absolute atomic E-state index is 0.0434. The lowest BCUT2D eigenvalue weighted by Crippen LogP contribution is -2.49. The van der Waals surface area contributed by atoms with Crippen molar-refractivity contribution >= 4 is 11.8 Å². The Morgan fingerprint density at radius 2 is 1.81 bits per heavy atom.